The number of thioether (sulfide) groups is 1. The second-order valence-corrected chi connectivity index (χ2v) is 5.92. The number of amides is 1. The fourth-order valence-electron chi connectivity index (χ4n) is 1.94. The van der Waals surface area contributed by atoms with Gasteiger partial charge in [0, 0.05) is 5.69 Å². The zero-order valence-electron chi connectivity index (χ0n) is 11.8. The molecule has 112 valence electrons. The van der Waals surface area contributed by atoms with Crippen molar-refractivity contribution in [2.45, 2.75) is 17.3 Å². The molecule has 0 bridgehead atoms. The smallest absolute Gasteiger partial charge is 0.230 e. The number of hydrogen-bond donors (Lipinski definition) is 1. The number of rotatable bonds is 5. The number of furan rings is 1. The van der Waals surface area contributed by atoms with Crippen molar-refractivity contribution in [3.8, 4) is 17.3 Å². The van der Waals surface area contributed by atoms with Crippen LogP contribution in [-0.2, 0) is 4.79 Å². The number of hydrogen-bond acceptors (Lipinski definition) is 5. The molecule has 0 fully saturated rings. The lowest BCUT2D eigenvalue weighted by Crippen LogP contribution is -2.23. The zero-order chi connectivity index (χ0) is 15.5. The molecule has 1 aromatic carbocycles. The number of carbonyl (C=O) groups excluding carboxylic acids is 1. The van der Waals surface area contributed by atoms with Crippen LogP contribution in [0, 0.1) is 0 Å². The lowest BCUT2D eigenvalue weighted by Gasteiger charge is -2.10. The highest BCUT2D eigenvalue weighted by Gasteiger charge is 2.21. The Morgan fingerprint density at radius 1 is 1.23 bits per heavy atom. The van der Waals surface area contributed by atoms with Gasteiger partial charge < -0.3 is 10.2 Å². The van der Waals surface area contributed by atoms with Crippen LogP contribution in [0.2, 0.25) is 0 Å². The highest BCUT2D eigenvalue weighted by atomic mass is 32.2. The fourth-order valence-corrected chi connectivity index (χ4v) is 2.76. The van der Waals surface area contributed by atoms with Crippen LogP contribution in [0.25, 0.3) is 17.3 Å². The summed E-state index contributed by atoms with van der Waals surface area (Å²) in [5.74, 6) is 0.789. The molecule has 0 aliphatic heterocycles. The quantitative estimate of drug-likeness (QED) is 0.731. The van der Waals surface area contributed by atoms with Crippen LogP contribution in [0.3, 0.4) is 0 Å². The van der Waals surface area contributed by atoms with Crippen molar-refractivity contribution in [2.75, 3.05) is 0 Å². The summed E-state index contributed by atoms with van der Waals surface area (Å²) in [5, 5.41) is 8.55. The first kappa shape index (κ1) is 14.4. The van der Waals surface area contributed by atoms with Crippen LogP contribution >= 0.6 is 11.8 Å². The molecule has 0 saturated heterocycles. The monoisotopic (exact) mass is 314 g/mol. The van der Waals surface area contributed by atoms with E-state index in [1.807, 2.05) is 41.0 Å². The summed E-state index contributed by atoms with van der Waals surface area (Å²) in [7, 11) is 0. The summed E-state index contributed by atoms with van der Waals surface area (Å²) in [6, 6.07) is 13.3. The number of benzene rings is 1. The van der Waals surface area contributed by atoms with Gasteiger partial charge in [0.15, 0.2) is 10.9 Å². The van der Waals surface area contributed by atoms with E-state index >= 15 is 0 Å². The molecule has 1 atom stereocenters. The molecule has 0 spiro atoms. The summed E-state index contributed by atoms with van der Waals surface area (Å²) in [5.41, 5.74) is 6.23. The molecule has 3 rings (SSSR count). The van der Waals surface area contributed by atoms with E-state index in [0.717, 1.165) is 5.69 Å². The normalized spacial score (nSPS) is 12.2. The minimum absolute atomic E-state index is 0.396. The van der Waals surface area contributed by atoms with Gasteiger partial charge >= 0.3 is 0 Å². The highest BCUT2D eigenvalue weighted by Crippen LogP contribution is 2.30. The molecular formula is C15H14N4O2S. The Kier molecular flexibility index (Phi) is 3.97. The molecule has 0 radical (unpaired) electrons. The van der Waals surface area contributed by atoms with E-state index in [2.05, 4.69) is 10.2 Å². The van der Waals surface area contributed by atoms with E-state index < -0.39 is 11.2 Å². The molecule has 7 heteroatoms. The van der Waals surface area contributed by atoms with Crippen LogP contribution < -0.4 is 5.73 Å². The average molecular weight is 314 g/mol. The number of nitrogens with zero attached hydrogens (tertiary/aromatic N) is 3. The maximum Gasteiger partial charge on any atom is 0.230 e. The minimum atomic E-state index is -0.406. The molecule has 0 aliphatic carbocycles. The molecule has 2 aromatic heterocycles. The maximum absolute atomic E-state index is 11.3. The van der Waals surface area contributed by atoms with Gasteiger partial charge in [-0.3, -0.25) is 9.36 Å². The van der Waals surface area contributed by atoms with Gasteiger partial charge in [-0.15, -0.1) is 10.2 Å². The zero-order valence-corrected chi connectivity index (χ0v) is 12.7. The minimum Gasteiger partial charge on any atom is -0.461 e. The molecule has 1 unspecified atom stereocenters. The molecule has 0 saturated carbocycles. The second-order valence-electron chi connectivity index (χ2n) is 4.62. The van der Waals surface area contributed by atoms with Crippen molar-refractivity contribution in [3.63, 3.8) is 0 Å². The molecule has 0 aliphatic rings. The lowest BCUT2D eigenvalue weighted by molar-refractivity contribution is -0.117. The molecule has 3 aromatic rings. The van der Waals surface area contributed by atoms with Crippen LogP contribution in [-0.4, -0.2) is 25.9 Å². The molecule has 6 nitrogen and oxygen atoms in total. The lowest BCUT2D eigenvalue weighted by atomic mass is 10.3. The van der Waals surface area contributed by atoms with Crippen molar-refractivity contribution in [2.24, 2.45) is 5.73 Å². The number of primary amides is 1. The topological polar surface area (TPSA) is 86.9 Å². The van der Waals surface area contributed by atoms with Gasteiger partial charge in [0.2, 0.25) is 11.7 Å². The third-order valence-corrected chi connectivity index (χ3v) is 4.13. The molecule has 2 N–H and O–H groups in total. The Morgan fingerprint density at radius 3 is 2.64 bits per heavy atom. The summed E-state index contributed by atoms with van der Waals surface area (Å²) in [4.78, 5) is 11.3. The first-order valence-corrected chi connectivity index (χ1v) is 7.55. The van der Waals surface area contributed by atoms with Crippen LogP contribution in [0.4, 0.5) is 0 Å². The molecule has 1 amide bonds. The van der Waals surface area contributed by atoms with E-state index in [0.29, 0.717) is 16.7 Å². The number of para-hydroxylation sites is 1. The van der Waals surface area contributed by atoms with Crippen LogP contribution in [0.15, 0.2) is 58.3 Å². The van der Waals surface area contributed by atoms with Gasteiger partial charge in [0.1, 0.15) is 0 Å². The predicted octanol–water partition coefficient (Wildman–Crippen LogP) is 2.49. The molecule has 22 heavy (non-hydrogen) atoms. The Labute approximate surface area is 131 Å². The van der Waals surface area contributed by atoms with E-state index in [-0.39, 0.29) is 0 Å². The van der Waals surface area contributed by atoms with E-state index in [1.165, 1.54) is 11.8 Å². The molecular weight excluding hydrogens is 300 g/mol. The Balaban J connectivity index is 2.10. The molecule has 2 heterocycles. The van der Waals surface area contributed by atoms with Crippen LogP contribution in [0.5, 0.6) is 0 Å². The largest absolute Gasteiger partial charge is 0.461 e. The van der Waals surface area contributed by atoms with Gasteiger partial charge in [-0.2, -0.15) is 0 Å². The Morgan fingerprint density at radius 2 is 2.00 bits per heavy atom. The van der Waals surface area contributed by atoms with E-state index in [1.54, 1.807) is 19.3 Å². The van der Waals surface area contributed by atoms with Crippen molar-refractivity contribution < 1.29 is 9.21 Å². The third-order valence-electron chi connectivity index (χ3n) is 3.07. The first-order chi connectivity index (χ1) is 10.7. The van der Waals surface area contributed by atoms with Crippen molar-refractivity contribution in [3.05, 3.63) is 48.7 Å². The van der Waals surface area contributed by atoms with E-state index in [4.69, 9.17) is 10.2 Å². The summed E-state index contributed by atoms with van der Waals surface area (Å²) in [6.07, 6.45) is 1.58. The standard InChI is InChI=1S/C15H14N4O2S/c1-10(13(16)20)22-15-18-17-14(12-8-5-9-21-12)19(15)11-6-3-2-4-7-11/h2-10H,1H3,(H2,16,20). The number of aromatic nitrogens is 3. The van der Waals surface area contributed by atoms with Gasteiger partial charge in [-0.05, 0) is 31.2 Å². The summed E-state index contributed by atoms with van der Waals surface area (Å²) >= 11 is 1.26. The average Bonchev–Trinajstić information content (AvgIpc) is 3.16. The fraction of sp³-hybridized carbons (Fsp3) is 0.133. The summed E-state index contributed by atoms with van der Waals surface area (Å²) < 4.78 is 7.27. The highest BCUT2D eigenvalue weighted by molar-refractivity contribution is 8.00. The summed E-state index contributed by atoms with van der Waals surface area (Å²) in [6.45, 7) is 1.74. The Hall–Kier alpha value is -2.54. The van der Waals surface area contributed by atoms with E-state index in [9.17, 15) is 4.79 Å². The first-order valence-electron chi connectivity index (χ1n) is 6.67. The van der Waals surface area contributed by atoms with Crippen molar-refractivity contribution >= 4 is 17.7 Å². The SMILES string of the molecule is CC(Sc1nnc(-c2ccco2)n1-c1ccccc1)C(N)=O. The van der Waals surface area contributed by atoms with Crippen molar-refractivity contribution in [1.82, 2.24) is 14.8 Å². The van der Waals surface area contributed by atoms with Gasteiger partial charge in [-0.1, -0.05) is 30.0 Å². The van der Waals surface area contributed by atoms with Crippen molar-refractivity contribution in [1.29, 1.82) is 0 Å². The van der Waals surface area contributed by atoms with Crippen LogP contribution in [0.1, 0.15) is 6.92 Å². The number of carbonyl (C=O) groups is 1. The van der Waals surface area contributed by atoms with Gasteiger partial charge in [0.25, 0.3) is 0 Å². The second kappa shape index (κ2) is 6.07. The maximum atomic E-state index is 11.3. The number of nitrogens with two attached hydrogens (primary N) is 1. The Bertz CT molecular complexity index is 768. The third kappa shape index (κ3) is 2.75. The van der Waals surface area contributed by atoms with Gasteiger partial charge in [-0.25, -0.2) is 0 Å². The van der Waals surface area contributed by atoms with Gasteiger partial charge in [0.05, 0.1) is 11.5 Å². The predicted molar refractivity (Wildman–Crippen MR) is 83.6 cm³/mol.